The minimum atomic E-state index is -0.653. The lowest BCUT2D eigenvalue weighted by atomic mass is 9.45. The number of hydrogen-bond acceptors (Lipinski definition) is 2. The van der Waals surface area contributed by atoms with Crippen LogP contribution in [0, 0.1) is 40.4 Å². The molecule has 0 aromatic heterocycles. The SMILES string of the molecule is CCC[C@@H](C)C(C)[C@@]1(C)CCC2C(CC=C3C[C@@H](OC(=O)Cl)CC[C@@]32C)C1C. The number of rotatable bonds is 5. The third-order valence-corrected chi connectivity index (χ3v) is 9.80. The van der Waals surface area contributed by atoms with Crippen LogP contribution in [0.4, 0.5) is 4.79 Å². The Morgan fingerprint density at radius 1 is 1.29 bits per heavy atom. The van der Waals surface area contributed by atoms with Crippen LogP contribution in [0.5, 0.6) is 0 Å². The monoisotopic (exact) mass is 408 g/mol. The van der Waals surface area contributed by atoms with Gasteiger partial charge in [-0.15, -0.1) is 0 Å². The molecule has 2 nitrogen and oxygen atoms in total. The molecule has 0 aliphatic heterocycles. The molecule has 0 bridgehead atoms. The molecule has 0 saturated heterocycles. The molecule has 2 saturated carbocycles. The second-order valence-corrected chi connectivity index (χ2v) is 11.1. The Hall–Kier alpha value is -0.500. The molecule has 0 aromatic carbocycles. The van der Waals surface area contributed by atoms with E-state index >= 15 is 0 Å². The van der Waals surface area contributed by atoms with Gasteiger partial charge in [-0.05, 0) is 72.5 Å². The number of hydrogen-bond donors (Lipinski definition) is 0. The number of fused-ring (bicyclic) bond motifs is 3. The first-order valence-corrected chi connectivity index (χ1v) is 12.1. The van der Waals surface area contributed by atoms with Crippen molar-refractivity contribution < 1.29 is 9.53 Å². The second-order valence-electron chi connectivity index (χ2n) is 10.8. The molecule has 3 rings (SSSR count). The summed E-state index contributed by atoms with van der Waals surface area (Å²) in [5.41, 5.74) is 1.61. The van der Waals surface area contributed by atoms with E-state index in [4.69, 9.17) is 16.3 Å². The summed E-state index contributed by atoms with van der Waals surface area (Å²) in [4.78, 5) is 11.2. The van der Waals surface area contributed by atoms with Crippen molar-refractivity contribution in [2.75, 3.05) is 0 Å². The van der Waals surface area contributed by atoms with Crippen LogP contribution in [0.2, 0.25) is 0 Å². The summed E-state index contributed by atoms with van der Waals surface area (Å²) in [6, 6.07) is 0. The summed E-state index contributed by atoms with van der Waals surface area (Å²) in [6.07, 6.45) is 12.0. The van der Waals surface area contributed by atoms with Crippen molar-refractivity contribution in [1.82, 2.24) is 0 Å². The molecule has 0 N–H and O–H groups in total. The van der Waals surface area contributed by atoms with Gasteiger partial charge in [-0.3, -0.25) is 0 Å². The van der Waals surface area contributed by atoms with Gasteiger partial charge >= 0.3 is 5.43 Å². The van der Waals surface area contributed by atoms with Crippen LogP contribution in [0.1, 0.15) is 92.9 Å². The molecule has 4 unspecified atom stereocenters. The minimum absolute atomic E-state index is 0.0259. The van der Waals surface area contributed by atoms with Crippen molar-refractivity contribution in [3.8, 4) is 0 Å². The van der Waals surface area contributed by atoms with Crippen molar-refractivity contribution in [1.29, 1.82) is 0 Å². The van der Waals surface area contributed by atoms with Gasteiger partial charge in [-0.2, -0.15) is 0 Å². The van der Waals surface area contributed by atoms with Gasteiger partial charge in [0.1, 0.15) is 6.10 Å². The quantitative estimate of drug-likeness (QED) is 0.340. The maximum atomic E-state index is 11.2. The summed E-state index contributed by atoms with van der Waals surface area (Å²) in [5.74, 6) is 3.90. The molecular weight excluding hydrogens is 368 g/mol. The highest BCUT2D eigenvalue weighted by Gasteiger charge is 2.55. The van der Waals surface area contributed by atoms with E-state index in [-0.39, 0.29) is 11.5 Å². The van der Waals surface area contributed by atoms with Crippen LogP contribution in [-0.2, 0) is 4.74 Å². The van der Waals surface area contributed by atoms with Crippen LogP contribution >= 0.6 is 11.6 Å². The van der Waals surface area contributed by atoms with E-state index < -0.39 is 5.43 Å². The van der Waals surface area contributed by atoms with Crippen LogP contribution in [-0.4, -0.2) is 11.5 Å². The Kier molecular flexibility index (Phi) is 6.60. The first-order chi connectivity index (χ1) is 13.1. The van der Waals surface area contributed by atoms with Crippen LogP contribution < -0.4 is 0 Å². The van der Waals surface area contributed by atoms with Gasteiger partial charge in [0.2, 0.25) is 0 Å². The first kappa shape index (κ1) is 22.2. The maximum absolute atomic E-state index is 11.2. The fraction of sp³-hybridized carbons (Fsp3) is 0.880. The lowest BCUT2D eigenvalue weighted by Gasteiger charge is -2.60. The number of halogens is 1. The van der Waals surface area contributed by atoms with Gasteiger partial charge in [0.05, 0.1) is 0 Å². The molecule has 3 heteroatoms. The Bertz CT molecular complexity index is 614. The van der Waals surface area contributed by atoms with Gasteiger partial charge in [0.25, 0.3) is 0 Å². The summed E-state index contributed by atoms with van der Waals surface area (Å²) >= 11 is 5.48. The molecule has 3 aliphatic rings. The van der Waals surface area contributed by atoms with Gasteiger partial charge in [-0.25, -0.2) is 4.79 Å². The number of ether oxygens (including phenoxy) is 1. The smallest absolute Gasteiger partial charge is 0.404 e. The van der Waals surface area contributed by atoms with E-state index in [9.17, 15) is 4.79 Å². The van der Waals surface area contributed by atoms with Gasteiger partial charge in [-0.1, -0.05) is 66.0 Å². The molecule has 0 radical (unpaired) electrons. The zero-order valence-corrected chi connectivity index (χ0v) is 19.6. The molecule has 0 heterocycles. The molecule has 2 fully saturated rings. The minimum Gasteiger partial charge on any atom is -0.450 e. The summed E-state index contributed by atoms with van der Waals surface area (Å²) < 4.78 is 5.34. The number of carbonyl (C=O) groups is 1. The summed E-state index contributed by atoms with van der Waals surface area (Å²) in [7, 11) is 0. The average Bonchev–Trinajstić information content (AvgIpc) is 2.64. The Balaban J connectivity index is 1.79. The molecule has 0 spiro atoms. The second kappa shape index (κ2) is 8.32. The highest BCUT2D eigenvalue weighted by Crippen LogP contribution is 2.63. The van der Waals surface area contributed by atoms with E-state index in [1.54, 1.807) is 0 Å². The van der Waals surface area contributed by atoms with E-state index in [0.717, 1.165) is 48.9 Å². The Labute approximate surface area is 177 Å². The predicted octanol–water partition coefficient (Wildman–Crippen LogP) is 7.99. The summed E-state index contributed by atoms with van der Waals surface area (Å²) in [5, 5.41) is 0. The van der Waals surface area contributed by atoms with E-state index in [0.29, 0.717) is 5.41 Å². The van der Waals surface area contributed by atoms with Crippen LogP contribution in [0.25, 0.3) is 0 Å². The van der Waals surface area contributed by atoms with E-state index in [1.165, 1.54) is 37.7 Å². The largest absolute Gasteiger partial charge is 0.450 e. The average molecular weight is 409 g/mol. The van der Waals surface area contributed by atoms with Crippen molar-refractivity contribution in [3.05, 3.63) is 11.6 Å². The standard InChI is InChI=1S/C25H41ClO2/c1-7-8-16(2)17(3)24(5)14-12-22-21(18(24)4)10-9-19-15-20(28-23(26)27)11-13-25(19,22)6/h9,16-18,20-22H,7-8,10-15H2,1-6H3/t16-,17?,18?,20+,21?,22?,24-,25+/m1/s1. The number of carbonyl (C=O) groups excluding carboxylic acids is 1. The third-order valence-electron chi connectivity index (χ3n) is 9.71. The highest BCUT2D eigenvalue weighted by atomic mass is 35.5. The molecule has 160 valence electrons. The lowest BCUT2D eigenvalue weighted by Crippen LogP contribution is -2.52. The van der Waals surface area contributed by atoms with E-state index in [1.807, 2.05) is 0 Å². The fourth-order valence-electron chi connectivity index (χ4n) is 7.35. The Morgan fingerprint density at radius 3 is 2.64 bits per heavy atom. The van der Waals surface area contributed by atoms with Crippen molar-refractivity contribution in [2.24, 2.45) is 40.4 Å². The summed E-state index contributed by atoms with van der Waals surface area (Å²) in [6.45, 7) is 14.9. The zero-order chi connectivity index (χ0) is 20.7. The molecule has 8 atom stereocenters. The predicted molar refractivity (Wildman–Crippen MR) is 118 cm³/mol. The molecule has 0 amide bonds. The highest BCUT2D eigenvalue weighted by molar-refractivity contribution is 6.61. The zero-order valence-electron chi connectivity index (χ0n) is 18.9. The normalized spacial score (nSPS) is 42.6. The van der Waals surface area contributed by atoms with Crippen LogP contribution in [0.15, 0.2) is 11.6 Å². The lowest BCUT2D eigenvalue weighted by molar-refractivity contribution is -0.0753. The molecular formula is C25H41ClO2. The van der Waals surface area contributed by atoms with Gasteiger partial charge in [0.15, 0.2) is 0 Å². The van der Waals surface area contributed by atoms with Gasteiger partial charge < -0.3 is 4.74 Å². The Morgan fingerprint density at radius 2 is 2.00 bits per heavy atom. The van der Waals surface area contributed by atoms with Crippen molar-refractivity contribution in [3.63, 3.8) is 0 Å². The topological polar surface area (TPSA) is 26.3 Å². The van der Waals surface area contributed by atoms with E-state index in [2.05, 4.69) is 47.6 Å². The molecule has 28 heavy (non-hydrogen) atoms. The number of allylic oxidation sites excluding steroid dienone is 1. The molecule has 0 aromatic rings. The van der Waals surface area contributed by atoms with Crippen molar-refractivity contribution in [2.45, 2.75) is 99.0 Å². The first-order valence-electron chi connectivity index (χ1n) is 11.7. The molecule has 3 aliphatic carbocycles. The van der Waals surface area contributed by atoms with Crippen LogP contribution in [0.3, 0.4) is 0 Å². The van der Waals surface area contributed by atoms with Gasteiger partial charge in [0, 0.05) is 18.0 Å². The maximum Gasteiger partial charge on any atom is 0.404 e. The third kappa shape index (κ3) is 3.80. The fourth-order valence-corrected chi connectivity index (χ4v) is 7.48. The van der Waals surface area contributed by atoms with Crippen molar-refractivity contribution >= 4 is 17.0 Å².